The van der Waals surface area contributed by atoms with Crippen LogP contribution in [0.15, 0.2) is 36.5 Å². The number of aromatic nitrogens is 2. The zero-order chi connectivity index (χ0) is 12.4. The maximum absolute atomic E-state index is 10.6. The fourth-order valence-electron chi connectivity index (χ4n) is 1.42. The van der Waals surface area contributed by atoms with Gasteiger partial charge in [0.25, 0.3) is 0 Å². The van der Waals surface area contributed by atoms with Gasteiger partial charge in [-0.1, -0.05) is 23.7 Å². The molecule has 0 radical (unpaired) electrons. The number of carboxylic acids is 1. The molecule has 1 aromatic carbocycles. The predicted octanol–water partition coefficient (Wildman–Crippen LogP) is 1.64. The first-order valence-electron chi connectivity index (χ1n) is 4.80. The van der Waals surface area contributed by atoms with Crippen LogP contribution in [0.2, 0.25) is 5.15 Å². The summed E-state index contributed by atoms with van der Waals surface area (Å²) in [6, 6.07) is 7.96. The SMILES string of the molecule is O=C(O)C(O)c1ccc(-n2nccc2Cl)cc1. The number of aliphatic carboxylic acids is 1. The molecule has 0 saturated heterocycles. The zero-order valence-corrected chi connectivity index (χ0v) is 9.37. The van der Waals surface area contributed by atoms with E-state index in [9.17, 15) is 9.90 Å². The molecule has 0 aliphatic heterocycles. The Balaban J connectivity index is 2.31. The lowest BCUT2D eigenvalue weighted by Gasteiger charge is -2.07. The molecule has 1 heterocycles. The first-order valence-corrected chi connectivity index (χ1v) is 5.18. The molecular weight excluding hydrogens is 244 g/mol. The highest BCUT2D eigenvalue weighted by atomic mass is 35.5. The van der Waals surface area contributed by atoms with E-state index >= 15 is 0 Å². The highest BCUT2D eigenvalue weighted by Crippen LogP contribution is 2.18. The number of aliphatic hydroxyl groups is 1. The highest BCUT2D eigenvalue weighted by Gasteiger charge is 2.15. The summed E-state index contributed by atoms with van der Waals surface area (Å²) >= 11 is 5.88. The van der Waals surface area contributed by atoms with E-state index in [1.54, 1.807) is 24.4 Å². The molecule has 88 valence electrons. The van der Waals surface area contributed by atoms with Gasteiger partial charge >= 0.3 is 5.97 Å². The van der Waals surface area contributed by atoms with Gasteiger partial charge in [0.05, 0.1) is 11.9 Å². The van der Waals surface area contributed by atoms with Crippen LogP contribution in [-0.2, 0) is 4.79 Å². The molecule has 5 nitrogen and oxygen atoms in total. The average molecular weight is 253 g/mol. The van der Waals surface area contributed by atoms with Crippen LogP contribution in [-0.4, -0.2) is 26.0 Å². The lowest BCUT2D eigenvalue weighted by Crippen LogP contribution is -2.10. The summed E-state index contributed by atoms with van der Waals surface area (Å²) in [6.45, 7) is 0. The van der Waals surface area contributed by atoms with Crippen LogP contribution in [0.3, 0.4) is 0 Å². The van der Waals surface area contributed by atoms with Crippen LogP contribution in [0.4, 0.5) is 0 Å². The normalized spacial score (nSPS) is 12.4. The third-order valence-corrected chi connectivity index (χ3v) is 2.57. The minimum absolute atomic E-state index is 0.310. The Bertz CT molecular complexity index is 536. The molecule has 0 saturated carbocycles. The molecule has 1 atom stereocenters. The molecule has 2 N–H and O–H groups in total. The number of carbonyl (C=O) groups is 1. The quantitative estimate of drug-likeness (QED) is 0.871. The maximum atomic E-state index is 10.6. The fraction of sp³-hybridized carbons (Fsp3) is 0.0909. The van der Waals surface area contributed by atoms with E-state index in [-0.39, 0.29) is 0 Å². The van der Waals surface area contributed by atoms with Crippen LogP contribution in [0.5, 0.6) is 0 Å². The Hall–Kier alpha value is -1.85. The van der Waals surface area contributed by atoms with Crippen molar-refractivity contribution in [1.82, 2.24) is 9.78 Å². The molecule has 17 heavy (non-hydrogen) atoms. The molecule has 0 amide bonds. The van der Waals surface area contributed by atoms with Crippen molar-refractivity contribution in [3.8, 4) is 5.69 Å². The number of halogens is 1. The molecule has 0 spiro atoms. The first kappa shape index (κ1) is 11.6. The number of aliphatic hydroxyl groups excluding tert-OH is 1. The second-order valence-corrected chi connectivity index (χ2v) is 3.79. The minimum atomic E-state index is -1.52. The maximum Gasteiger partial charge on any atom is 0.337 e. The van der Waals surface area contributed by atoms with Crippen LogP contribution in [0.25, 0.3) is 5.69 Å². The van der Waals surface area contributed by atoms with E-state index < -0.39 is 12.1 Å². The number of rotatable bonds is 3. The average Bonchev–Trinajstić information content (AvgIpc) is 2.74. The van der Waals surface area contributed by atoms with Gasteiger partial charge in [0, 0.05) is 0 Å². The van der Waals surface area contributed by atoms with Crippen molar-refractivity contribution in [3.63, 3.8) is 0 Å². The lowest BCUT2D eigenvalue weighted by molar-refractivity contribution is -0.146. The molecule has 0 aliphatic carbocycles. The van der Waals surface area contributed by atoms with E-state index in [2.05, 4.69) is 5.10 Å². The van der Waals surface area contributed by atoms with Crippen molar-refractivity contribution in [2.75, 3.05) is 0 Å². The molecule has 1 unspecified atom stereocenters. The number of hydrogen-bond acceptors (Lipinski definition) is 3. The van der Waals surface area contributed by atoms with Gasteiger partial charge in [0.2, 0.25) is 0 Å². The topological polar surface area (TPSA) is 75.3 Å². The van der Waals surface area contributed by atoms with E-state index in [0.717, 1.165) is 0 Å². The van der Waals surface area contributed by atoms with Gasteiger partial charge in [0.1, 0.15) is 5.15 Å². The molecule has 0 bridgehead atoms. The summed E-state index contributed by atoms with van der Waals surface area (Å²) in [7, 11) is 0. The van der Waals surface area contributed by atoms with Crippen LogP contribution < -0.4 is 0 Å². The number of hydrogen-bond donors (Lipinski definition) is 2. The summed E-state index contributed by atoms with van der Waals surface area (Å²) in [4.78, 5) is 10.6. The first-order chi connectivity index (χ1) is 8.09. The van der Waals surface area contributed by atoms with Gasteiger partial charge in [-0.15, -0.1) is 0 Å². The van der Waals surface area contributed by atoms with E-state index in [4.69, 9.17) is 16.7 Å². The third-order valence-electron chi connectivity index (χ3n) is 2.28. The molecule has 0 aliphatic rings. The van der Waals surface area contributed by atoms with Crippen LogP contribution >= 0.6 is 11.6 Å². The van der Waals surface area contributed by atoms with E-state index in [0.29, 0.717) is 16.4 Å². The largest absolute Gasteiger partial charge is 0.479 e. The molecule has 1 aromatic heterocycles. The number of nitrogens with zero attached hydrogens (tertiary/aromatic N) is 2. The summed E-state index contributed by atoms with van der Waals surface area (Å²) in [6.07, 6.45) is 0.0413. The number of carboxylic acid groups (broad SMARTS) is 1. The van der Waals surface area contributed by atoms with Gasteiger partial charge < -0.3 is 10.2 Å². The summed E-state index contributed by atoms with van der Waals surface area (Å²) in [5.74, 6) is -1.28. The summed E-state index contributed by atoms with van der Waals surface area (Å²) in [5, 5.41) is 22.4. The highest BCUT2D eigenvalue weighted by molar-refractivity contribution is 6.29. The lowest BCUT2D eigenvalue weighted by atomic mass is 10.1. The summed E-state index contributed by atoms with van der Waals surface area (Å²) < 4.78 is 1.50. The second kappa shape index (κ2) is 4.57. The molecule has 2 rings (SSSR count). The Morgan fingerprint density at radius 1 is 1.29 bits per heavy atom. The van der Waals surface area contributed by atoms with Crippen LogP contribution in [0, 0.1) is 0 Å². The Kier molecular flexibility index (Phi) is 3.12. The van der Waals surface area contributed by atoms with Gasteiger partial charge in [-0.3, -0.25) is 0 Å². The monoisotopic (exact) mass is 252 g/mol. The smallest absolute Gasteiger partial charge is 0.337 e. The standard InChI is InChI=1S/C11H9ClN2O3/c12-9-5-6-13-14(9)8-3-1-7(2-4-8)10(15)11(16)17/h1-6,10,15H,(H,16,17). The van der Waals surface area contributed by atoms with Crippen molar-refractivity contribution in [3.05, 3.63) is 47.2 Å². The zero-order valence-electron chi connectivity index (χ0n) is 8.62. The second-order valence-electron chi connectivity index (χ2n) is 3.40. The van der Waals surface area contributed by atoms with Gasteiger partial charge in [-0.25, -0.2) is 9.48 Å². The fourth-order valence-corrected chi connectivity index (χ4v) is 1.62. The Labute approximate surface area is 102 Å². The number of benzene rings is 1. The molecular formula is C11H9ClN2O3. The predicted molar refractivity (Wildman–Crippen MR) is 61.2 cm³/mol. The summed E-state index contributed by atoms with van der Waals surface area (Å²) in [5.41, 5.74) is 1.01. The van der Waals surface area contributed by atoms with Crippen molar-refractivity contribution >= 4 is 17.6 Å². The van der Waals surface area contributed by atoms with Crippen LogP contribution in [0.1, 0.15) is 11.7 Å². The van der Waals surface area contributed by atoms with E-state index in [1.165, 1.54) is 16.8 Å². The molecule has 6 heteroatoms. The third kappa shape index (κ3) is 2.30. The minimum Gasteiger partial charge on any atom is -0.479 e. The van der Waals surface area contributed by atoms with Crippen molar-refractivity contribution in [1.29, 1.82) is 0 Å². The van der Waals surface area contributed by atoms with Crippen molar-refractivity contribution < 1.29 is 15.0 Å². The van der Waals surface area contributed by atoms with Crippen molar-refractivity contribution in [2.45, 2.75) is 6.10 Å². The molecule has 2 aromatic rings. The Morgan fingerprint density at radius 3 is 2.41 bits per heavy atom. The Morgan fingerprint density at radius 2 is 1.94 bits per heavy atom. The van der Waals surface area contributed by atoms with Gasteiger partial charge in [-0.05, 0) is 23.8 Å². The van der Waals surface area contributed by atoms with Crippen molar-refractivity contribution in [2.24, 2.45) is 0 Å². The van der Waals surface area contributed by atoms with Gasteiger partial charge in [0.15, 0.2) is 6.10 Å². The van der Waals surface area contributed by atoms with Gasteiger partial charge in [-0.2, -0.15) is 5.10 Å². The van der Waals surface area contributed by atoms with E-state index in [1.807, 2.05) is 0 Å². The molecule has 0 fully saturated rings.